The Kier molecular flexibility index (Phi) is 4.55. The highest BCUT2D eigenvalue weighted by molar-refractivity contribution is 6.19. The lowest BCUT2D eigenvalue weighted by atomic mass is 9.98. The van der Waals surface area contributed by atoms with Gasteiger partial charge in [-0.1, -0.05) is 0 Å². The van der Waals surface area contributed by atoms with Crippen LogP contribution >= 0.6 is 0 Å². The van der Waals surface area contributed by atoms with Crippen molar-refractivity contribution in [3.05, 3.63) is 12.4 Å². The van der Waals surface area contributed by atoms with E-state index in [0.717, 1.165) is 51.1 Å². The van der Waals surface area contributed by atoms with Crippen LogP contribution in [0.1, 0.15) is 38.5 Å². The van der Waals surface area contributed by atoms with Gasteiger partial charge in [-0.15, -0.1) is 15.3 Å². The third-order valence-electron chi connectivity index (χ3n) is 4.92. The van der Waals surface area contributed by atoms with Gasteiger partial charge in [-0.2, -0.15) is 4.52 Å². The number of nitrogens with zero attached hydrogens (tertiary/aromatic N) is 5. The highest BCUT2D eigenvalue weighted by Crippen LogP contribution is 2.28. The lowest BCUT2D eigenvalue weighted by molar-refractivity contribution is 0.0691. The minimum absolute atomic E-state index is 0.251. The molecule has 126 valence electrons. The summed E-state index contributed by atoms with van der Waals surface area (Å²) in [5, 5.41) is 12.6. The summed E-state index contributed by atoms with van der Waals surface area (Å²) in [5.74, 6) is 1.12. The van der Waals surface area contributed by atoms with E-state index >= 15 is 0 Å². The molecule has 3 heterocycles. The second kappa shape index (κ2) is 6.97. The van der Waals surface area contributed by atoms with Crippen molar-refractivity contribution in [3.63, 3.8) is 0 Å². The molecule has 4 rings (SSSR count). The maximum absolute atomic E-state index is 6.36. The molecule has 0 aromatic carbocycles. The Morgan fingerprint density at radius 2 is 2.04 bits per heavy atom. The zero-order valence-corrected chi connectivity index (χ0v) is 13.8. The van der Waals surface area contributed by atoms with E-state index in [0.29, 0.717) is 17.4 Å². The molecule has 7 nitrogen and oxygen atoms in total. The van der Waals surface area contributed by atoms with Crippen molar-refractivity contribution in [2.24, 2.45) is 5.92 Å². The first kappa shape index (κ1) is 15.7. The van der Waals surface area contributed by atoms with Crippen LogP contribution in [0.4, 0.5) is 5.69 Å². The van der Waals surface area contributed by atoms with Crippen LogP contribution in [0.3, 0.4) is 0 Å². The van der Waals surface area contributed by atoms with E-state index in [-0.39, 0.29) is 6.10 Å². The second-order valence-electron chi connectivity index (χ2n) is 6.70. The lowest BCUT2D eigenvalue weighted by Gasteiger charge is -2.29. The number of hydrogen-bond donors (Lipinski definition) is 0. The Balaban J connectivity index is 1.56. The molecule has 2 aromatic heterocycles. The molecular weight excluding hydrogens is 305 g/mol. The topological polar surface area (TPSA) is 64.8 Å². The van der Waals surface area contributed by atoms with Crippen LogP contribution in [0.5, 0.6) is 5.88 Å². The standard InChI is InChI=1S/C16H22BN5O2/c17-21(10-12-5-7-23-8-6-12)14-9-15(24-13-3-1-2-4-13)20-22-11-18-19-16(14)22/h9,11-13H,1-8,10H2. The van der Waals surface area contributed by atoms with E-state index in [9.17, 15) is 0 Å². The SMILES string of the molecule is [B]N(CC1CCOCC1)c1cc(OC2CCCC2)nn2cnnc12. The first-order chi connectivity index (χ1) is 11.8. The van der Waals surface area contributed by atoms with Gasteiger partial charge in [0.05, 0.1) is 5.69 Å². The van der Waals surface area contributed by atoms with Crippen LogP contribution in [0, 0.1) is 5.92 Å². The third kappa shape index (κ3) is 3.33. The Bertz CT molecular complexity index is 682. The van der Waals surface area contributed by atoms with Crippen molar-refractivity contribution in [2.45, 2.75) is 44.6 Å². The molecule has 0 atom stereocenters. The zero-order valence-electron chi connectivity index (χ0n) is 13.8. The van der Waals surface area contributed by atoms with Gasteiger partial charge in [-0.3, -0.25) is 0 Å². The van der Waals surface area contributed by atoms with Crippen molar-refractivity contribution >= 4 is 19.3 Å². The van der Waals surface area contributed by atoms with Crippen LogP contribution in [-0.4, -0.2) is 53.7 Å². The van der Waals surface area contributed by atoms with Crippen molar-refractivity contribution < 1.29 is 9.47 Å². The fourth-order valence-electron chi connectivity index (χ4n) is 3.54. The van der Waals surface area contributed by atoms with Crippen molar-refractivity contribution in [1.29, 1.82) is 0 Å². The molecule has 8 heteroatoms. The van der Waals surface area contributed by atoms with Crippen molar-refractivity contribution in [3.8, 4) is 5.88 Å². The number of ether oxygens (including phenoxy) is 2. The van der Waals surface area contributed by atoms with Crippen LogP contribution in [0.15, 0.2) is 12.4 Å². The van der Waals surface area contributed by atoms with Gasteiger partial charge in [0.2, 0.25) is 13.9 Å². The van der Waals surface area contributed by atoms with Gasteiger partial charge in [0.15, 0.2) is 5.65 Å². The third-order valence-corrected chi connectivity index (χ3v) is 4.92. The van der Waals surface area contributed by atoms with E-state index in [1.54, 1.807) is 15.7 Å². The summed E-state index contributed by atoms with van der Waals surface area (Å²) < 4.78 is 13.1. The van der Waals surface area contributed by atoms with E-state index in [2.05, 4.69) is 15.3 Å². The first-order valence-electron chi connectivity index (χ1n) is 8.77. The predicted octanol–water partition coefficient (Wildman–Crippen LogP) is 1.76. The summed E-state index contributed by atoms with van der Waals surface area (Å²) in [7, 11) is 6.36. The molecule has 1 aliphatic carbocycles. The molecule has 0 spiro atoms. The summed E-state index contributed by atoms with van der Waals surface area (Å²) >= 11 is 0. The smallest absolute Gasteiger partial charge is 0.234 e. The molecular formula is C16H22BN5O2. The molecule has 1 saturated carbocycles. The molecule has 2 aliphatic rings. The Hall–Kier alpha value is -1.83. The van der Waals surface area contributed by atoms with E-state index < -0.39 is 0 Å². The normalized spacial score (nSPS) is 19.8. The van der Waals surface area contributed by atoms with Gasteiger partial charge >= 0.3 is 0 Å². The molecule has 2 fully saturated rings. The molecule has 0 amide bonds. The molecule has 24 heavy (non-hydrogen) atoms. The number of rotatable bonds is 5. The highest BCUT2D eigenvalue weighted by Gasteiger charge is 2.21. The average Bonchev–Trinajstić information content (AvgIpc) is 3.26. The summed E-state index contributed by atoms with van der Waals surface area (Å²) in [5.41, 5.74) is 1.46. The number of fused-ring (bicyclic) bond motifs is 1. The number of anilines is 1. The quantitative estimate of drug-likeness (QED) is 0.780. The minimum Gasteiger partial charge on any atom is -0.473 e. The van der Waals surface area contributed by atoms with E-state index in [1.165, 1.54) is 12.8 Å². The van der Waals surface area contributed by atoms with Crippen LogP contribution < -0.4 is 9.55 Å². The van der Waals surface area contributed by atoms with Crippen LogP contribution in [-0.2, 0) is 4.74 Å². The molecule has 0 N–H and O–H groups in total. The maximum Gasteiger partial charge on any atom is 0.234 e. The van der Waals surface area contributed by atoms with Gasteiger partial charge < -0.3 is 14.3 Å². The molecule has 0 bridgehead atoms. The summed E-state index contributed by atoms with van der Waals surface area (Å²) in [6, 6.07) is 1.89. The molecule has 1 aliphatic heterocycles. The van der Waals surface area contributed by atoms with Gasteiger partial charge in [0.1, 0.15) is 12.4 Å². The zero-order chi connectivity index (χ0) is 16.4. The number of aromatic nitrogens is 4. The molecule has 2 radical (unpaired) electrons. The fourth-order valence-corrected chi connectivity index (χ4v) is 3.54. The van der Waals surface area contributed by atoms with Crippen molar-refractivity contribution in [1.82, 2.24) is 19.8 Å². The minimum atomic E-state index is 0.251. The van der Waals surface area contributed by atoms with E-state index in [1.807, 2.05) is 6.07 Å². The maximum atomic E-state index is 6.36. The summed E-state index contributed by atoms with van der Waals surface area (Å²) in [6.45, 7) is 2.38. The fraction of sp³-hybridized carbons (Fsp3) is 0.688. The molecule has 1 saturated heterocycles. The van der Waals surface area contributed by atoms with Gasteiger partial charge in [0, 0.05) is 25.8 Å². The average molecular weight is 327 g/mol. The van der Waals surface area contributed by atoms with Gasteiger partial charge in [0.25, 0.3) is 0 Å². The van der Waals surface area contributed by atoms with Gasteiger partial charge in [-0.05, 0) is 44.4 Å². The van der Waals surface area contributed by atoms with Crippen LogP contribution in [0.25, 0.3) is 5.65 Å². The summed E-state index contributed by atoms with van der Waals surface area (Å²) in [6.07, 6.45) is 8.53. The Morgan fingerprint density at radius 1 is 1.25 bits per heavy atom. The first-order valence-corrected chi connectivity index (χ1v) is 8.77. The number of hydrogen-bond acceptors (Lipinski definition) is 6. The summed E-state index contributed by atoms with van der Waals surface area (Å²) in [4.78, 5) is 1.75. The lowest BCUT2D eigenvalue weighted by Crippen LogP contribution is -2.31. The van der Waals surface area contributed by atoms with Gasteiger partial charge in [-0.25, -0.2) is 0 Å². The predicted molar refractivity (Wildman–Crippen MR) is 90.3 cm³/mol. The molecule has 2 aromatic rings. The monoisotopic (exact) mass is 327 g/mol. The van der Waals surface area contributed by atoms with Crippen LogP contribution in [0.2, 0.25) is 0 Å². The van der Waals surface area contributed by atoms with E-state index in [4.69, 9.17) is 17.5 Å². The highest BCUT2D eigenvalue weighted by atomic mass is 16.5. The Morgan fingerprint density at radius 3 is 2.83 bits per heavy atom. The Labute approximate surface area is 142 Å². The largest absolute Gasteiger partial charge is 0.473 e. The van der Waals surface area contributed by atoms with Crippen molar-refractivity contribution in [2.75, 3.05) is 24.6 Å². The molecule has 0 unspecified atom stereocenters. The second-order valence-corrected chi connectivity index (χ2v) is 6.70.